The van der Waals surface area contributed by atoms with Crippen molar-refractivity contribution in [3.63, 3.8) is 0 Å². The number of nitrogens with zero attached hydrogens (tertiary/aromatic N) is 1. The fourth-order valence-corrected chi connectivity index (χ4v) is 4.87. The smallest absolute Gasteiger partial charge is 0.337 e. The van der Waals surface area contributed by atoms with Crippen molar-refractivity contribution in [1.29, 1.82) is 0 Å². The molecule has 0 spiro atoms. The van der Waals surface area contributed by atoms with E-state index in [0.717, 1.165) is 20.3 Å². The number of benzene rings is 2. The van der Waals surface area contributed by atoms with Crippen LogP contribution in [0.3, 0.4) is 0 Å². The fourth-order valence-electron chi connectivity index (χ4n) is 2.88. The van der Waals surface area contributed by atoms with Crippen molar-refractivity contribution in [2.45, 2.75) is 6.42 Å². The lowest BCUT2D eigenvalue weighted by Gasteiger charge is -2.05. The normalized spacial score (nSPS) is 11.0. The van der Waals surface area contributed by atoms with Crippen molar-refractivity contribution < 1.29 is 14.7 Å². The summed E-state index contributed by atoms with van der Waals surface area (Å²) in [7, 11) is 0. The van der Waals surface area contributed by atoms with Gasteiger partial charge in [0.1, 0.15) is 0 Å². The molecule has 0 saturated carbocycles. The Kier molecular flexibility index (Phi) is 4.90. The molecule has 4 nitrogen and oxygen atoms in total. The van der Waals surface area contributed by atoms with Crippen LogP contribution in [0.15, 0.2) is 57.8 Å². The van der Waals surface area contributed by atoms with Gasteiger partial charge in [0.2, 0.25) is 0 Å². The Morgan fingerprint density at radius 3 is 2.59 bits per heavy atom. The van der Waals surface area contributed by atoms with Gasteiger partial charge in [-0.05, 0) is 46.8 Å². The summed E-state index contributed by atoms with van der Waals surface area (Å²) in [5.41, 5.74) is 4.62. The summed E-state index contributed by atoms with van der Waals surface area (Å²) >= 11 is 6.25. The number of carboxylic acid groups (broad SMARTS) is 1. The Morgan fingerprint density at radius 1 is 1.07 bits per heavy atom. The van der Waals surface area contributed by atoms with Crippen LogP contribution >= 0.6 is 38.6 Å². The average Bonchev–Trinajstić information content (AvgIpc) is 3.28. The summed E-state index contributed by atoms with van der Waals surface area (Å²) in [6, 6.07) is 12.9. The Labute approximate surface area is 171 Å². The van der Waals surface area contributed by atoms with Gasteiger partial charge in [-0.25, -0.2) is 9.78 Å². The van der Waals surface area contributed by atoms with E-state index in [2.05, 4.69) is 20.9 Å². The second-order valence-electron chi connectivity index (χ2n) is 5.91. The van der Waals surface area contributed by atoms with E-state index in [1.54, 1.807) is 23.0 Å². The SMILES string of the molecule is O=C(Cc1csc(-c2ccc(Br)cc2)c1C(=O)O)c1ccc2scnc2c1. The van der Waals surface area contributed by atoms with Crippen molar-refractivity contribution in [2.75, 3.05) is 0 Å². The van der Waals surface area contributed by atoms with Crippen LogP contribution in [0.4, 0.5) is 0 Å². The van der Waals surface area contributed by atoms with Crippen molar-refractivity contribution in [1.82, 2.24) is 4.98 Å². The number of carbonyl (C=O) groups excluding carboxylic acids is 1. The van der Waals surface area contributed by atoms with Gasteiger partial charge in [-0.3, -0.25) is 4.79 Å². The van der Waals surface area contributed by atoms with Crippen molar-refractivity contribution >= 4 is 60.6 Å². The maximum atomic E-state index is 12.7. The number of ketones is 1. The van der Waals surface area contributed by atoms with Crippen molar-refractivity contribution in [3.05, 3.63) is 74.5 Å². The standard InChI is InChI=1S/C20H12BrNO3S2/c21-14-4-1-11(2-5-14)19-18(20(24)25)13(9-26-19)8-16(23)12-3-6-17-15(7-12)22-10-27-17/h1-7,9-10H,8H2,(H,24,25). The number of rotatable bonds is 5. The number of thiazole rings is 1. The summed E-state index contributed by atoms with van der Waals surface area (Å²) in [6.45, 7) is 0. The first-order chi connectivity index (χ1) is 13.0. The van der Waals surface area contributed by atoms with Crippen LogP contribution in [0, 0.1) is 0 Å². The zero-order valence-corrected chi connectivity index (χ0v) is 17.0. The van der Waals surface area contributed by atoms with Gasteiger partial charge in [0.05, 0.1) is 21.3 Å². The molecule has 4 rings (SSSR count). The molecule has 1 N–H and O–H groups in total. The highest BCUT2D eigenvalue weighted by Crippen LogP contribution is 2.34. The Hall–Kier alpha value is -2.35. The monoisotopic (exact) mass is 457 g/mol. The number of carbonyl (C=O) groups is 2. The third kappa shape index (κ3) is 3.58. The van der Waals surface area contributed by atoms with Crippen LogP contribution in [-0.2, 0) is 6.42 Å². The predicted molar refractivity (Wildman–Crippen MR) is 112 cm³/mol. The first-order valence-electron chi connectivity index (χ1n) is 7.99. The summed E-state index contributed by atoms with van der Waals surface area (Å²) in [5, 5.41) is 11.5. The van der Waals surface area contributed by atoms with Gasteiger partial charge >= 0.3 is 5.97 Å². The molecular formula is C20H12BrNO3S2. The molecular weight excluding hydrogens is 446 g/mol. The van der Waals surface area contributed by atoms with E-state index in [9.17, 15) is 14.7 Å². The largest absolute Gasteiger partial charge is 0.478 e. The van der Waals surface area contributed by atoms with Gasteiger partial charge in [-0.15, -0.1) is 22.7 Å². The highest BCUT2D eigenvalue weighted by Gasteiger charge is 2.22. The van der Waals surface area contributed by atoms with Crippen LogP contribution in [0.1, 0.15) is 26.3 Å². The molecule has 0 saturated heterocycles. The molecule has 0 aliphatic rings. The van der Waals surface area contributed by atoms with Gasteiger partial charge in [0, 0.05) is 21.3 Å². The van der Waals surface area contributed by atoms with Crippen LogP contribution < -0.4 is 0 Å². The number of carboxylic acids is 1. The molecule has 27 heavy (non-hydrogen) atoms. The number of hydrogen-bond acceptors (Lipinski definition) is 5. The number of fused-ring (bicyclic) bond motifs is 1. The van der Waals surface area contributed by atoms with E-state index >= 15 is 0 Å². The highest BCUT2D eigenvalue weighted by atomic mass is 79.9. The van der Waals surface area contributed by atoms with E-state index in [0.29, 0.717) is 16.0 Å². The minimum Gasteiger partial charge on any atom is -0.478 e. The lowest BCUT2D eigenvalue weighted by atomic mass is 9.99. The van der Waals surface area contributed by atoms with E-state index in [-0.39, 0.29) is 17.8 Å². The van der Waals surface area contributed by atoms with Crippen LogP contribution in [0.25, 0.3) is 20.7 Å². The second kappa shape index (κ2) is 7.34. The molecule has 0 radical (unpaired) electrons. The number of aromatic nitrogens is 1. The Bertz CT molecular complexity index is 1160. The fraction of sp³-hybridized carbons (Fsp3) is 0.0500. The molecule has 0 bridgehead atoms. The first-order valence-corrected chi connectivity index (χ1v) is 10.5. The van der Waals surface area contributed by atoms with Gasteiger partial charge < -0.3 is 5.11 Å². The Balaban J connectivity index is 1.68. The highest BCUT2D eigenvalue weighted by molar-refractivity contribution is 9.10. The van der Waals surface area contributed by atoms with E-state index in [1.165, 1.54) is 22.7 Å². The molecule has 0 amide bonds. The molecule has 0 unspecified atom stereocenters. The lowest BCUT2D eigenvalue weighted by Crippen LogP contribution is -2.08. The Morgan fingerprint density at radius 2 is 1.85 bits per heavy atom. The molecule has 0 aliphatic heterocycles. The minimum absolute atomic E-state index is 0.0459. The maximum Gasteiger partial charge on any atom is 0.337 e. The maximum absolute atomic E-state index is 12.7. The number of thiophene rings is 1. The molecule has 0 aliphatic carbocycles. The number of hydrogen-bond donors (Lipinski definition) is 1. The summed E-state index contributed by atoms with van der Waals surface area (Å²) < 4.78 is 1.94. The molecule has 2 heterocycles. The van der Waals surface area contributed by atoms with E-state index in [1.807, 2.05) is 30.3 Å². The average molecular weight is 458 g/mol. The zero-order valence-electron chi connectivity index (χ0n) is 13.8. The van der Waals surface area contributed by atoms with Crippen LogP contribution in [0.5, 0.6) is 0 Å². The minimum atomic E-state index is -1.02. The third-order valence-corrected chi connectivity index (χ3v) is 6.61. The number of aromatic carboxylic acids is 1. The summed E-state index contributed by atoms with van der Waals surface area (Å²) in [6.07, 6.45) is 0.0459. The van der Waals surface area contributed by atoms with Crippen molar-refractivity contribution in [2.24, 2.45) is 0 Å². The summed E-state index contributed by atoms with van der Waals surface area (Å²) in [4.78, 5) is 29.5. The molecule has 2 aromatic carbocycles. The predicted octanol–water partition coefficient (Wildman–Crippen LogP) is 5.91. The van der Waals surface area contributed by atoms with Crippen LogP contribution in [0.2, 0.25) is 0 Å². The number of Topliss-reactive ketones (excluding diaryl/α,β-unsaturated/α-hetero) is 1. The molecule has 134 valence electrons. The second-order valence-corrected chi connectivity index (χ2v) is 8.59. The van der Waals surface area contributed by atoms with Gasteiger partial charge in [0.25, 0.3) is 0 Å². The lowest BCUT2D eigenvalue weighted by molar-refractivity contribution is 0.0697. The molecule has 7 heteroatoms. The van der Waals surface area contributed by atoms with E-state index < -0.39 is 5.97 Å². The number of halogens is 1. The van der Waals surface area contributed by atoms with Crippen molar-refractivity contribution in [3.8, 4) is 10.4 Å². The topological polar surface area (TPSA) is 67.3 Å². The molecule has 4 aromatic rings. The zero-order chi connectivity index (χ0) is 19.0. The summed E-state index contributed by atoms with van der Waals surface area (Å²) in [5.74, 6) is -1.14. The molecule has 2 aromatic heterocycles. The molecule has 0 atom stereocenters. The molecule has 0 fully saturated rings. The van der Waals surface area contributed by atoms with Gasteiger partial charge in [-0.1, -0.05) is 28.1 Å². The van der Waals surface area contributed by atoms with Crippen LogP contribution in [-0.4, -0.2) is 21.8 Å². The van der Waals surface area contributed by atoms with E-state index in [4.69, 9.17) is 0 Å². The third-order valence-electron chi connectivity index (χ3n) is 4.19. The quantitative estimate of drug-likeness (QED) is 0.378. The van der Waals surface area contributed by atoms with Gasteiger partial charge in [0.15, 0.2) is 5.78 Å². The van der Waals surface area contributed by atoms with Gasteiger partial charge in [-0.2, -0.15) is 0 Å². The first kappa shape index (κ1) is 18.0.